The second kappa shape index (κ2) is 12.5. The number of halogens is 3. The molecule has 7 nitrogen and oxygen atoms in total. The van der Waals surface area contributed by atoms with Crippen molar-refractivity contribution in [2.75, 3.05) is 13.1 Å². The minimum atomic E-state index is -4.34. The van der Waals surface area contributed by atoms with E-state index in [2.05, 4.69) is 17.4 Å². The average Bonchev–Trinajstić information content (AvgIpc) is 2.95. The number of nitrogens with zero attached hydrogens (tertiary/aromatic N) is 2. The standard InChI is InChI=1S/C30H45BF3N3O4/c1-10-11-12-25(27(3,4)5)39-36-20(2)26(38)35-24-15-16-37(19-30(32,33)34)18-21-17-22(13-14-23(21)24)31-40-28(6,7)29(8,9)41-31/h12-14,17,24H,10-11,15-16,18-19H2,1-9H3,(H,35,38)/b25-12+,36-20+. The highest BCUT2D eigenvalue weighted by Gasteiger charge is 2.51. The van der Waals surface area contributed by atoms with Gasteiger partial charge in [0.2, 0.25) is 0 Å². The van der Waals surface area contributed by atoms with Crippen molar-refractivity contribution in [3.05, 3.63) is 41.2 Å². The first-order valence-corrected chi connectivity index (χ1v) is 14.3. The molecule has 0 aliphatic carbocycles. The fourth-order valence-corrected chi connectivity index (χ4v) is 4.73. The van der Waals surface area contributed by atoms with Crippen LogP contribution in [0.25, 0.3) is 0 Å². The van der Waals surface area contributed by atoms with E-state index < -0.39 is 43.0 Å². The third kappa shape index (κ3) is 8.58. The van der Waals surface area contributed by atoms with Crippen molar-refractivity contribution < 1.29 is 32.1 Å². The monoisotopic (exact) mass is 579 g/mol. The van der Waals surface area contributed by atoms with E-state index in [1.807, 2.05) is 72.7 Å². The minimum absolute atomic E-state index is 0.0852. The van der Waals surface area contributed by atoms with Crippen LogP contribution < -0.4 is 10.8 Å². The Morgan fingerprint density at radius 1 is 1.20 bits per heavy atom. The first-order valence-electron chi connectivity index (χ1n) is 14.3. The summed E-state index contributed by atoms with van der Waals surface area (Å²) in [6.07, 6.45) is -0.280. The third-order valence-electron chi connectivity index (χ3n) is 7.87. The van der Waals surface area contributed by atoms with Crippen molar-refractivity contribution in [3.8, 4) is 0 Å². The Morgan fingerprint density at radius 3 is 2.39 bits per heavy atom. The van der Waals surface area contributed by atoms with Gasteiger partial charge in [-0.3, -0.25) is 9.69 Å². The molecule has 41 heavy (non-hydrogen) atoms. The number of alkyl halides is 3. The lowest BCUT2D eigenvalue weighted by atomic mass is 9.77. The number of oxime groups is 1. The number of hydrogen-bond acceptors (Lipinski definition) is 6. The van der Waals surface area contributed by atoms with Crippen molar-refractivity contribution in [2.24, 2.45) is 10.6 Å². The summed E-state index contributed by atoms with van der Waals surface area (Å²) in [6.45, 7) is 16.6. The first-order chi connectivity index (χ1) is 18.8. The van der Waals surface area contributed by atoms with Gasteiger partial charge in [0, 0.05) is 18.5 Å². The minimum Gasteiger partial charge on any atom is -0.399 e. The molecule has 1 fully saturated rings. The van der Waals surface area contributed by atoms with E-state index >= 15 is 0 Å². The molecule has 2 aliphatic rings. The highest BCUT2D eigenvalue weighted by atomic mass is 19.4. The van der Waals surface area contributed by atoms with E-state index in [1.54, 1.807) is 6.92 Å². The predicted molar refractivity (Wildman–Crippen MR) is 156 cm³/mol. The Labute approximate surface area is 243 Å². The molecule has 0 bridgehead atoms. The maximum atomic E-state index is 13.4. The largest absolute Gasteiger partial charge is 0.494 e. The summed E-state index contributed by atoms with van der Waals surface area (Å²) in [5.74, 6) is 0.230. The quantitative estimate of drug-likeness (QED) is 0.176. The van der Waals surface area contributed by atoms with Crippen molar-refractivity contribution >= 4 is 24.2 Å². The molecule has 1 unspecified atom stereocenters. The van der Waals surface area contributed by atoms with Gasteiger partial charge in [-0.25, -0.2) is 0 Å². The second-order valence-electron chi connectivity index (χ2n) is 13.1. The van der Waals surface area contributed by atoms with Gasteiger partial charge in [0.25, 0.3) is 5.91 Å². The topological polar surface area (TPSA) is 72.4 Å². The number of allylic oxidation sites excluding steroid dienone is 2. The Morgan fingerprint density at radius 2 is 1.83 bits per heavy atom. The Hall–Kier alpha value is -2.37. The number of nitrogens with one attached hydrogen (secondary N) is 1. The molecule has 2 aliphatic heterocycles. The van der Waals surface area contributed by atoms with Gasteiger partial charge >= 0.3 is 13.3 Å². The van der Waals surface area contributed by atoms with E-state index in [0.717, 1.165) is 23.9 Å². The van der Waals surface area contributed by atoms with Crippen LogP contribution in [0.3, 0.4) is 0 Å². The van der Waals surface area contributed by atoms with Gasteiger partial charge in [0.1, 0.15) is 11.5 Å². The molecule has 0 radical (unpaired) electrons. The second-order valence-corrected chi connectivity index (χ2v) is 13.1. The lowest BCUT2D eigenvalue weighted by Crippen LogP contribution is -2.41. The first kappa shape index (κ1) is 33.1. The number of benzene rings is 1. The summed E-state index contributed by atoms with van der Waals surface area (Å²) in [5.41, 5.74) is 0.904. The predicted octanol–water partition coefficient (Wildman–Crippen LogP) is 6.03. The third-order valence-corrected chi connectivity index (χ3v) is 7.87. The van der Waals surface area contributed by atoms with Crippen molar-refractivity contribution in [3.63, 3.8) is 0 Å². The number of carbonyl (C=O) groups is 1. The number of amides is 1. The summed E-state index contributed by atoms with van der Waals surface area (Å²) < 4.78 is 52.5. The summed E-state index contributed by atoms with van der Waals surface area (Å²) in [5, 5.41) is 7.07. The van der Waals surface area contributed by atoms with Crippen LogP contribution in [0.15, 0.2) is 35.2 Å². The van der Waals surface area contributed by atoms with Crippen LogP contribution in [0.4, 0.5) is 13.2 Å². The Balaban J connectivity index is 1.86. The molecular formula is C30H45BF3N3O4. The van der Waals surface area contributed by atoms with Gasteiger partial charge in [-0.1, -0.05) is 57.5 Å². The van der Waals surface area contributed by atoms with Gasteiger partial charge in [0.05, 0.1) is 23.8 Å². The fraction of sp³-hybridized carbons (Fsp3) is 0.667. The van der Waals surface area contributed by atoms with Gasteiger partial charge in [-0.15, -0.1) is 0 Å². The maximum Gasteiger partial charge on any atom is 0.494 e. The molecule has 0 spiro atoms. The van der Waals surface area contributed by atoms with Crippen LogP contribution in [0.1, 0.15) is 98.7 Å². The zero-order chi connectivity index (χ0) is 30.8. The molecule has 1 amide bonds. The van der Waals surface area contributed by atoms with Gasteiger partial charge in [0.15, 0.2) is 0 Å². The average molecular weight is 580 g/mol. The molecule has 1 saturated heterocycles. The molecule has 0 aromatic heterocycles. The lowest BCUT2D eigenvalue weighted by molar-refractivity contribution is -0.147. The van der Waals surface area contributed by atoms with Crippen molar-refractivity contribution in [2.45, 2.75) is 112 Å². The normalized spacial score (nSPS) is 21.9. The molecule has 2 heterocycles. The summed E-state index contributed by atoms with van der Waals surface area (Å²) in [6, 6.07) is 5.04. The highest BCUT2D eigenvalue weighted by Crippen LogP contribution is 2.37. The molecule has 0 saturated carbocycles. The number of hydrogen-bond donors (Lipinski definition) is 1. The molecular weight excluding hydrogens is 534 g/mol. The van der Waals surface area contributed by atoms with E-state index in [1.165, 1.54) is 4.90 Å². The molecule has 1 atom stereocenters. The van der Waals surface area contributed by atoms with Gasteiger partial charge in [-0.05, 0) is 70.1 Å². The molecule has 1 aromatic carbocycles. The number of fused-ring (bicyclic) bond motifs is 1. The smallest absolute Gasteiger partial charge is 0.399 e. The maximum absolute atomic E-state index is 13.4. The van der Waals surface area contributed by atoms with Crippen LogP contribution in [0.5, 0.6) is 0 Å². The van der Waals surface area contributed by atoms with E-state index in [-0.39, 0.29) is 24.2 Å². The molecule has 11 heteroatoms. The fourth-order valence-electron chi connectivity index (χ4n) is 4.73. The number of rotatable bonds is 8. The van der Waals surface area contributed by atoms with Crippen molar-refractivity contribution in [1.29, 1.82) is 0 Å². The molecule has 1 aromatic rings. The van der Waals surface area contributed by atoms with Crippen LogP contribution in [0, 0.1) is 5.41 Å². The zero-order valence-corrected chi connectivity index (χ0v) is 25.9. The van der Waals surface area contributed by atoms with Crippen LogP contribution in [-0.2, 0) is 25.5 Å². The van der Waals surface area contributed by atoms with Gasteiger partial charge < -0.3 is 19.5 Å². The molecule has 228 valence electrons. The Bertz CT molecular complexity index is 1140. The zero-order valence-electron chi connectivity index (χ0n) is 25.9. The van der Waals surface area contributed by atoms with E-state index in [4.69, 9.17) is 14.1 Å². The van der Waals surface area contributed by atoms with Crippen LogP contribution >= 0.6 is 0 Å². The lowest BCUT2D eigenvalue weighted by Gasteiger charge is -2.32. The molecule has 3 rings (SSSR count). The number of carbonyl (C=O) groups excluding carboxylic acids is 1. The van der Waals surface area contributed by atoms with E-state index in [9.17, 15) is 18.0 Å². The Kier molecular flexibility index (Phi) is 10.1. The van der Waals surface area contributed by atoms with Crippen LogP contribution in [0.2, 0.25) is 0 Å². The summed E-state index contributed by atoms with van der Waals surface area (Å²) in [7, 11) is -0.651. The van der Waals surface area contributed by atoms with Crippen LogP contribution in [-0.4, -0.2) is 54.1 Å². The molecule has 1 N–H and O–H groups in total. The SMILES string of the molecule is CCC/C=C(/O/N=C(\C)C(=O)NC1CCN(CC(F)(F)F)Cc2cc(B3OC(C)(C)C(C)(C)O3)ccc21)C(C)(C)C. The van der Waals surface area contributed by atoms with E-state index in [0.29, 0.717) is 17.7 Å². The summed E-state index contributed by atoms with van der Waals surface area (Å²) >= 11 is 0. The highest BCUT2D eigenvalue weighted by molar-refractivity contribution is 6.62. The summed E-state index contributed by atoms with van der Waals surface area (Å²) in [4.78, 5) is 20.2. The number of unbranched alkanes of at least 4 members (excludes halogenated alkanes) is 1. The van der Waals surface area contributed by atoms with Crippen molar-refractivity contribution in [1.82, 2.24) is 10.2 Å². The van der Waals surface area contributed by atoms with Gasteiger partial charge in [-0.2, -0.15) is 13.2 Å².